The largest absolute Gasteiger partial charge is 0.460 e. The molecule has 6 nitrogen and oxygen atoms in total. The number of nitrogens with zero attached hydrogens (tertiary/aromatic N) is 1. The molecule has 1 aliphatic heterocycles. The summed E-state index contributed by atoms with van der Waals surface area (Å²) in [6.45, 7) is 27.6. The van der Waals surface area contributed by atoms with Gasteiger partial charge in [0.25, 0.3) is 0 Å². The molecule has 1 saturated carbocycles. The maximum absolute atomic E-state index is 13.2. The summed E-state index contributed by atoms with van der Waals surface area (Å²) in [5, 5.41) is 13.2. The predicted octanol–water partition coefficient (Wildman–Crippen LogP) is 6.63. The third-order valence-electron chi connectivity index (χ3n) is 8.22. The second kappa shape index (κ2) is 10.8. The van der Waals surface area contributed by atoms with Crippen molar-refractivity contribution in [1.82, 2.24) is 5.06 Å². The van der Waals surface area contributed by atoms with Crippen molar-refractivity contribution in [2.45, 2.75) is 155 Å². The fourth-order valence-corrected chi connectivity index (χ4v) is 6.75. The molecule has 0 aromatic heterocycles. The number of hydroxylamine groups is 2. The van der Waals surface area contributed by atoms with Crippen LogP contribution in [0.1, 0.15) is 102 Å². The second-order valence-electron chi connectivity index (χ2n) is 14.8. The van der Waals surface area contributed by atoms with Crippen molar-refractivity contribution in [3.8, 4) is 0 Å². The Morgan fingerprint density at radius 2 is 1.58 bits per heavy atom. The number of aliphatic hydroxyl groups excluding tert-OH is 1. The van der Waals surface area contributed by atoms with Crippen molar-refractivity contribution in [1.29, 1.82) is 0 Å². The summed E-state index contributed by atoms with van der Waals surface area (Å²) < 4.78 is 12.5. The first-order valence-electron chi connectivity index (χ1n) is 13.8. The molecule has 0 unspecified atom stereocenters. The molecular weight excluding hydrogens is 470 g/mol. The van der Waals surface area contributed by atoms with Gasteiger partial charge in [-0.1, -0.05) is 32.9 Å². The summed E-state index contributed by atoms with van der Waals surface area (Å²) >= 11 is 0. The number of esters is 1. The van der Waals surface area contributed by atoms with Crippen molar-refractivity contribution in [3.63, 3.8) is 0 Å². The fourth-order valence-electron chi connectivity index (χ4n) is 5.39. The molecule has 2 rings (SSSR count). The number of hydrogen-bond donors (Lipinski definition) is 1. The Balaban J connectivity index is 2.31. The number of carbonyl (C=O) groups is 1. The predicted molar refractivity (Wildman–Crippen MR) is 149 cm³/mol. The first-order valence-corrected chi connectivity index (χ1v) is 16.7. The van der Waals surface area contributed by atoms with Crippen molar-refractivity contribution in [2.24, 2.45) is 11.8 Å². The molecule has 1 N–H and O–H groups in total. The summed E-state index contributed by atoms with van der Waals surface area (Å²) in [4.78, 5) is 19.7. The fraction of sp³-hybridized carbons (Fsp3) is 0.897. The third kappa shape index (κ3) is 7.65. The number of ether oxygens (including phenoxy) is 1. The van der Waals surface area contributed by atoms with Gasteiger partial charge in [0.05, 0.1) is 24.2 Å². The Bertz CT molecular complexity index is 776. The van der Waals surface area contributed by atoms with Crippen LogP contribution < -0.4 is 0 Å². The highest BCUT2D eigenvalue weighted by Gasteiger charge is 2.51. The molecule has 2 aliphatic rings. The molecule has 0 aromatic carbocycles. The van der Waals surface area contributed by atoms with Gasteiger partial charge in [0.2, 0.25) is 0 Å². The lowest BCUT2D eigenvalue weighted by Gasteiger charge is -2.52. The summed E-state index contributed by atoms with van der Waals surface area (Å²) in [5.41, 5.74) is -0.730. The minimum Gasteiger partial charge on any atom is -0.460 e. The van der Waals surface area contributed by atoms with E-state index < -0.39 is 25.9 Å². The monoisotopic (exact) mass is 525 g/mol. The van der Waals surface area contributed by atoms with E-state index in [1.165, 1.54) is 6.42 Å². The van der Waals surface area contributed by atoms with Gasteiger partial charge in [0.15, 0.2) is 8.32 Å². The van der Waals surface area contributed by atoms with E-state index in [4.69, 9.17) is 14.0 Å². The molecule has 7 heteroatoms. The van der Waals surface area contributed by atoms with E-state index >= 15 is 0 Å². The maximum Gasteiger partial charge on any atom is 0.312 e. The summed E-state index contributed by atoms with van der Waals surface area (Å²) in [7, 11) is -2.12. The molecular formula is C29H55NO5Si. The van der Waals surface area contributed by atoms with Crippen LogP contribution in [0.3, 0.4) is 0 Å². The van der Waals surface area contributed by atoms with E-state index in [0.717, 1.165) is 12.8 Å². The van der Waals surface area contributed by atoms with Gasteiger partial charge in [-0.3, -0.25) is 9.63 Å². The lowest BCUT2D eigenvalue weighted by atomic mass is 9.82. The molecule has 2 fully saturated rings. The molecule has 0 aromatic rings. The van der Waals surface area contributed by atoms with Crippen LogP contribution in [0.2, 0.25) is 18.1 Å². The van der Waals surface area contributed by atoms with Gasteiger partial charge in [0, 0.05) is 17.0 Å². The molecule has 5 atom stereocenters. The zero-order valence-corrected chi connectivity index (χ0v) is 26.4. The summed E-state index contributed by atoms with van der Waals surface area (Å²) in [5.74, 6) is -1.31. The minimum absolute atomic E-state index is 0.0258. The average molecular weight is 526 g/mol. The first kappa shape index (κ1) is 31.5. The van der Waals surface area contributed by atoms with Gasteiger partial charge in [-0.15, -0.1) is 0 Å². The van der Waals surface area contributed by atoms with Crippen molar-refractivity contribution in [3.05, 3.63) is 12.2 Å². The number of piperidine rings is 1. The summed E-state index contributed by atoms with van der Waals surface area (Å²) in [6.07, 6.45) is 6.62. The highest BCUT2D eigenvalue weighted by atomic mass is 28.4. The van der Waals surface area contributed by atoms with Crippen molar-refractivity contribution < 1.29 is 23.9 Å². The Morgan fingerprint density at radius 1 is 1.06 bits per heavy atom. The molecule has 0 radical (unpaired) electrons. The highest BCUT2D eigenvalue weighted by molar-refractivity contribution is 6.74. The van der Waals surface area contributed by atoms with Crippen LogP contribution in [-0.2, 0) is 18.8 Å². The van der Waals surface area contributed by atoms with Gasteiger partial charge >= 0.3 is 5.97 Å². The lowest BCUT2D eigenvalue weighted by Crippen LogP contribution is -2.59. The number of aliphatic hydroxyl groups is 1. The van der Waals surface area contributed by atoms with Crippen molar-refractivity contribution in [2.75, 3.05) is 0 Å². The molecule has 1 heterocycles. The van der Waals surface area contributed by atoms with E-state index in [2.05, 4.69) is 66.6 Å². The van der Waals surface area contributed by atoms with Gasteiger partial charge in [-0.05, 0) is 99.2 Å². The van der Waals surface area contributed by atoms with Gasteiger partial charge in [-0.25, -0.2) is 0 Å². The van der Waals surface area contributed by atoms with E-state index in [-0.39, 0.29) is 40.2 Å². The zero-order valence-electron chi connectivity index (χ0n) is 25.4. The Labute approximate surface area is 222 Å². The third-order valence-corrected chi connectivity index (χ3v) is 12.7. The van der Waals surface area contributed by atoms with Crippen LogP contribution >= 0.6 is 0 Å². The van der Waals surface area contributed by atoms with Crippen LogP contribution in [0.4, 0.5) is 0 Å². The van der Waals surface area contributed by atoms with E-state index in [0.29, 0.717) is 6.42 Å². The lowest BCUT2D eigenvalue weighted by molar-refractivity contribution is -0.293. The van der Waals surface area contributed by atoms with E-state index in [1.54, 1.807) is 0 Å². The first-order chi connectivity index (χ1) is 16.1. The van der Waals surface area contributed by atoms with Gasteiger partial charge in [-0.2, -0.15) is 5.06 Å². The normalized spacial score (nSPS) is 30.5. The zero-order chi connectivity index (χ0) is 27.9. The van der Waals surface area contributed by atoms with Crippen LogP contribution in [-0.4, -0.2) is 59.4 Å². The SMILES string of the molecule is C[C@H](/C=C/[C@@H]1[C@H](C(=O)OC(C)(C)C)[C@@H](O)C[C@H]1O[Si](C)(C)C(C)(C)C)ON1C(C)(C)CCCC1(C)C. The van der Waals surface area contributed by atoms with Gasteiger partial charge in [0.1, 0.15) is 5.60 Å². The van der Waals surface area contributed by atoms with Crippen LogP contribution in [0.25, 0.3) is 0 Å². The molecule has 1 aliphatic carbocycles. The van der Waals surface area contributed by atoms with Crippen LogP contribution in [0.15, 0.2) is 12.2 Å². The van der Waals surface area contributed by atoms with E-state index in [9.17, 15) is 9.90 Å². The molecule has 0 spiro atoms. The number of hydrogen-bond acceptors (Lipinski definition) is 6. The molecule has 210 valence electrons. The Hall–Kier alpha value is -0.733. The smallest absolute Gasteiger partial charge is 0.312 e. The van der Waals surface area contributed by atoms with Crippen LogP contribution in [0, 0.1) is 11.8 Å². The molecule has 1 saturated heterocycles. The molecule has 36 heavy (non-hydrogen) atoms. The second-order valence-corrected chi connectivity index (χ2v) is 19.6. The summed E-state index contributed by atoms with van der Waals surface area (Å²) in [6, 6.07) is 0. The maximum atomic E-state index is 13.2. The highest BCUT2D eigenvalue weighted by Crippen LogP contribution is 2.44. The van der Waals surface area contributed by atoms with Gasteiger partial charge < -0.3 is 14.3 Å². The number of rotatable bonds is 7. The topological polar surface area (TPSA) is 68.2 Å². The standard InChI is InChI=1S/C29H55NO5Si/c1-20(34-30-28(8,9)17-14-18-29(30,10)11)15-16-21-23(35-36(12,13)27(5,6)7)19-22(31)24(21)25(32)33-26(2,3)4/h15-16,20-24,31H,14,17-19H2,1-13H3/b16-15+/t20-,21+,22+,23-,24+/m1/s1. The molecule has 0 bridgehead atoms. The average Bonchev–Trinajstić information content (AvgIpc) is 2.94. The molecule has 0 amide bonds. The van der Waals surface area contributed by atoms with E-state index in [1.807, 2.05) is 39.8 Å². The quantitative estimate of drug-likeness (QED) is 0.228. The Kier molecular flexibility index (Phi) is 9.44. The van der Waals surface area contributed by atoms with Crippen LogP contribution in [0.5, 0.6) is 0 Å². The van der Waals surface area contributed by atoms with Crippen molar-refractivity contribution >= 4 is 14.3 Å². The Morgan fingerprint density at radius 3 is 2.06 bits per heavy atom. The minimum atomic E-state index is -2.12. The number of carbonyl (C=O) groups excluding carboxylic acids is 1.